The number of aliphatic hydroxyl groups is 1. The first-order valence-electron chi connectivity index (χ1n) is 3.35. The third-order valence-corrected chi connectivity index (χ3v) is 2.37. The van der Waals surface area contributed by atoms with Crippen LogP contribution in [0.15, 0.2) is 12.1 Å². The van der Waals surface area contributed by atoms with Gasteiger partial charge in [-0.25, -0.2) is 0 Å². The smallest absolute Gasteiger partial charge is 0.135 e. The molecule has 0 saturated heterocycles. The number of hydrogen-bond acceptors (Lipinski definition) is 3. The summed E-state index contributed by atoms with van der Waals surface area (Å²) >= 11 is 2.08. The number of methoxy groups -OCH3 is 1. The van der Waals surface area contributed by atoms with E-state index in [1.54, 1.807) is 6.07 Å². The summed E-state index contributed by atoms with van der Waals surface area (Å²) in [6.07, 6.45) is 0. The Morgan fingerprint density at radius 1 is 1.50 bits per heavy atom. The number of hydrogen-bond donors (Lipinski definition) is 2. The van der Waals surface area contributed by atoms with E-state index >= 15 is 0 Å². The van der Waals surface area contributed by atoms with Crippen molar-refractivity contribution in [2.45, 2.75) is 6.61 Å². The number of ether oxygens (including phenoxy) is 1. The van der Waals surface area contributed by atoms with Gasteiger partial charge in [-0.1, -0.05) is 0 Å². The van der Waals surface area contributed by atoms with Gasteiger partial charge in [-0.15, -0.1) is 0 Å². The molecule has 66 valence electrons. The zero-order chi connectivity index (χ0) is 9.14. The molecule has 1 rings (SSSR count). The van der Waals surface area contributed by atoms with Gasteiger partial charge >= 0.3 is 0 Å². The molecule has 0 aromatic heterocycles. The number of aliphatic hydroxyl groups excluding tert-OH is 1. The molecule has 0 radical (unpaired) electrons. The molecule has 0 spiro atoms. The number of benzene rings is 1. The van der Waals surface area contributed by atoms with E-state index < -0.39 is 0 Å². The van der Waals surface area contributed by atoms with Crippen LogP contribution in [0.5, 0.6) is 11.5 Å². The van der Waals surface area contributed by atoms with Crippen LogP contribution in [0, 0.1) is 3.57 Å². The van der Waals surface area contributed by atoms with Crippen LogP contribution in [0.4, 0.5) is 0 Å². The molecule has 4 heteroatoms. The Balaban J connectivity index is 3.16. The topological polar surface area (TPSA) is 49.7 Å². The first kappa shape index (κ1) is 9.60. The molecule has 0 aliphatic heterocycles. The molecular weight excluding hydrogens is 271 g/mol. The van der Waals surface area contributed by atoms with Crippen LogP contribution in [0.25, 0.3) is 0 Å². The van der Waals surface area contributed by atoms with Crippen LogP contribution < -0.4 is 4.74 Å². The minimum atomic E-state index is -0.161. The summed E-state index contributed by atoms with van der Waals surface area (Å²) in [5.41, 5.74) is 0.514. The highest BCUT2D eigenvalue weighted by atomic mass is 127. The zero-order valence-electron chi connectivity index (χ0n) is 6.54. The highest BCUT2D eigenvalue weighted by molar-refractivity contribution is 14.1. The van der Waals surface area contributed by atoms with E-state index in [-0.39, 0.29) is 12.4 Å². The van der Waals surface area contributed by atoms with Gasteiger partial charge in [0.25, 0.3) is 0 Å². The van der Waals surface area contributed by atoms with E-state index in [1.165, 1.54) is 13.2 Å². The Hall–Kier alpha value is -0.490. The van der Waals surface area contributed by atoms with Gasteiger partial charge in [0.05, 0.1) is 17.3 Å². The molecule has 0 atom stereocenters. The third-order valence-electron chi connectivity index (χ3n) is 1.52. The summed E-state index contributed by atoms with van der Waals surface area (Å²) in [4.78, 5) is 0. The van der Waals surface area contributed by atoms with E-state index in [0.717, 1.165) is 3.57 Å². The van der Waals surface area contributed by atoms with Gasteiger partial charge in [0, 0.05) is 11.6 Å². The molecule has 1 aromatic rings. The van der Waals surface area contributed by atoms with E-state index in [0.29, 0.717) is 11.3 Å². The summed E-state index contributed by atoms with van der Waals surface area (Å²) in [6, 6.07) is 3.18. The molecule has 1 aromatic carbocycles. The van der Waals surface area contributed by atoms with Gasteiger partial charge < -0.3 is 14.9 Å². The fraction of sp³-hybridized carbons (Fsp3) is 0.250. The van der Waals surface area contributed by atoms with Gasteiger partial charge in [-0.05, 0) is 28.7 Å². The fourth-order valence-electron chi connectivity index (χ4n) is 0.867. The maximum absolute atomic E-state index is 9.30. The Morgan fingerprint density at radius 2 is 2.17 bits per heavy atom. The van der Waals surface area contributed by atoms with Crippen molar-refractivity contribution in [3.63, 3.8) is 0 Å². The number of aromatic hydroxyl groups is 1. The molecular formula is C8H9IO3. The predicted molar refractivity (Wildman–Crippen MR) is 53.3 cm³/mol. The number of phenols is 1. The van der Waals surface area contributed by atoms with Crippen LogP contribution in [0.1, 0.15) is 5.56 Å². The molecule has 0 aliphatic rings. The van der Waals surface area contributed by atoms with Crippen molar-refractivity contribution in [2.75, 3.05) is 7.11 Å². The van der Waals surface area contributed by atoms with Crippen molar-refractivity contribution in [3.05, 3.63) is 21.3 Å². The molecule has 0 unspecified atom stereocenters. The molecule has 0 heterocycles. The van der Waals surface area contributed by atoms with Crippen molar-refractivity contribution in [1.29, 1.82) is 0 Å². The van der Waals surface area contributed by atoms with Crippen LogP contribution in [0.2, 0.25) is 0 Å². The van der Waals surface area contributed by atoms with Crippen LogP contribution in [-0.2, 0) is 6.61 Å². The molecule has 3 nitrogen and oxygen atoms in total. The van der Waals surface area contributed by atoms with Gasteiger partial charge in [0.15, 0.2) is 0 Å². The summed E-state index contributed by atoms with van der Waals surface area (Å²) in [5, 5.41) is 18.1. The Bertz CT molecular complexity index is 256. The quantitative estimate of drug-likeness (QED) is 0.807. The second-order valence-corrected chi connectivity index (χ2v) is 3.44. The third kappa shape index (κ3) is 1.81. The predicted octanol–water partition coefficient (Wildman–Crippen LogP) is 1.50. The summed E-state index contributed by atoms with van der Waals surface area (Å²) in [6.45, 7) is -0.161. The molecule has 12 heavy (non-hydrogen) atoms. The second-order valence-electron chi connectivity index (χ2n) is 2.27. The average molecular weight is 280 g/mol. The lowest BCUT2D eigenvalue weighted by atomic mass is 10.2. The lowest BCUT2D eigenvalue weighted by molar-refractivity contribution is 0.275. The summed E-state index contributed by atoms with van der Waals surface area (Å²) < 4.78 is 5.85. The first-order chi connectivity index (χ1) is 5.69. The lowest BCUT2D eigenvalue weighted by Crippen LogP contribution is -1.90. The Kier molecular flexibility index (Phi) is 3.16. The van der Waals surface area contributed by atoms with E-state index in [9.17, 15) is 5.11 Å². The zero-order valence-corrected chi connectivity index (χ0v) is 8.70. The highest BCUT2D eigenvalue weighted by Crippen LogP contribution is 2.28. The standard InChI is InChI=1S/C8H9IO3/c1-12-8-3-7(11)5(4-10)2-6(8)9/h2-3,10-11H,4H2,1H3. The molecule has 2 N–H and O–H groups in total. The van der Waals surface area contributed by atoms with E-state index in [4.69, 9.17) is 9.84 Å². The van der Waals surface area contributed by atoms with Crippen molar-refractivity contribution in [1.82, 2.24) is 0 Å². The molecule has 0 bridgehead atoms. The second kappa shape index (κ2) is 3.95. The molecule has 0 fully saturated rings. The summed E-state index contributed by atoms with van der Waals surface area (Å²) in [7, 11) is 1.54. The van der Waals surface area contributed by atoms with Gasteiger partial charge in [0.1, 0.15) is 11.5 Å². The van der Waals surface area contributed by atoms with E-state index in [2.05, 4.69) is 22.6 Å². The van der Waals surface area contributed by atoms with Gasteiger partial charge in [0.2, 0.25) is 0 Å². The first-order valence-corrected chi connectivity index (χ1v) is 4.43. The average Bonchev–Trinajstić information content (AvgIpc) is 2.08. The Labute approximate surface area is 84.1 Å². The number of halogens is 1. The van der Waals surface area contributed by atoms with Crippen LogP contribution in [0.3, 0.4) is 0 Å². The minimum Gasteiger partial charge on any atom is -0.507 e. The maximum Gasteiger partial charge on any atom is 0.135 e. The van der Waals surface area contributed by atoms with Crippen molar-refractivity contribution < 1.29 is 14.9 Å². The van der Waals surface area contributed by atoms with Crippen molar-refractivity contribution in [3.8, 4) is 11.5 Å². The molecule has 0 aliphatic carbocycles. The normalized spacial score (nSPS) is 9.92. The highest BCUT2D eigenvalue weighted by Gasteiger charge is 2.06. The maximum atomic E-state index is 9.30. The monoisotopic (exact) mass is 280 g/mol. The molecule has 0 saturated carbocycles. The van der Waals surface area contributed by atoms with Crippen molar-refractivity contribution >= 4 is 22.6 Å². The van der Waals surface area contributed by atoms with Crippen molar-refractivity contribution in [2.24, 2.45) is 0 Å². The van der Waals surface area contributed by atoms with Gasteiger partial charge in [-0.3, -0.25) is 0 Å². The fourth-order valence-corrected chi connectivity index (χ4v) is 1.62. The van der Waals surface area contributed by atoms with Gasteiger partial charge in [-0.2, -0.15) is 0 Å². The number of rotatable bonds is 2. The Morgan fingerprint density at radius 3 is 2.67 bits per heavy atom. The van der Waals surface area contributed by atoms with E-state index in [1.807, 2.05) is 0 Å². The lowest BCUT2D eigenvalue weighted by Gasteiger charge is -2.06. The minimum absolute atomic E-state index is 0.0646. The molecule has 0 amide bonds. The summed E-state index contributed by atoms with van der Waals surface area (Å²) in [5.74, 6) is 0.681. The van der Waals surface area contributed by atoms with Crippen LogP contribution >= 0.6 is 22.6 Å². The SMILES string of the molecule is COc1cc(O)c(CO)cc1I. The van der Waals surface area contributed by atoms with Crippen LogP contribution in [-0.4, -0.2) is 17.3 Å². The largest absolute Gasteiger partial charge is 0.507 e.